The van der Waals surface area contributed by atoms with Crippen LogP contribution in [-0.4, -0.2) is 0 Å². The second-order valence-electron chi connectivity index (χ2n) is 40.2. The molecule has 135 heavy (non-hydrogen) atoms. The zero-order valence-electron chi connectivity index (χ0n) is 78.6. The Labute approximate surface area is 794 Å². The van der Waals surface area contributed by atoms with Gasteiger partial charge in [0.25, 0.3) is 0 Å². The summed E-state index contributed by atoms with van der Waals surface area (Å²) in [7, 11) is 0. The summed E-state index contributed by atoms with van der Waals surface area (Å²) in [6.45, 7) is 25.5. The first-order chi connectivity index (χ1) is 65.7. The lowest BCUT2D eigenvalue weighted by molar-refractivity contribution is 0.590. The standard InChI is InChI=1S/C47H34.C45H38.C43H34/c1-47(2)43-20-12-11-17-37(43)38-27-26-36(30-44(38)47)46-40-19-10-9-18-39(40)45(34-23-21-33(22-24-34)31-13-5-3-6-14-31)41-28-25-35(29-42(41)46)32-15-7-4-8-16-32;1-44(2,3)33-23-19-30(20-24-33)42-36-16-9-10-17-37(36)43(39-27-31(21-26-38(39)42)29-13-7-6-8-14-29)32-22-25-35-34-15-11-12-18-40(34)45(4,5)41(35)28-32;1-27-22-28(2)24-32(23-27)42-36-16-9-8-15-35(36)41(38-25-30(18-21-37(38)42)29-12-6-5-7-13-29)31-19-20-34-33-14-10-11-17-39(33)43(3,4)40(34)26-31/h3-30H,1-2H3;6-28H,1-5H3;5-26H,1-4H3. The van der Waals surface area contributed by atoms with Gasteiger partial charge in [-0.2, -0.15) is 0 Å². The van der Waals surface area contributed by atoms with Gasteiger partial charge in [-0.05, 0) is 304 Å². The summed E-state index contributed by atoms with van der Waals surface area (Å²) in [6.07, 6.45) is 0. The molecule has 0 aliphatic heterocycles. The van der Waals surface area contributed by atoms with Crippen LogP contribution in [0.3, 0.4) is 0 Å². The molecule has 0 radical (unpaired) electrons. The number of hydrogen-bond donors (Lipinski definition) is 0. The highest BCUT2D eigenvalue weighted by Gasteiger charge is 2.39. The molecular weight excluding hydrogens is 1620 g/mol. The smallest absolute Gasteiger partial charge is 0.0159 e. The predicted octanol–water partition coefficient (Wildman–Crippen LogP) is 37.5. The fraction of sp³-hybridized carbons (Fsp3) is 0.111. The van der Waals surface area contributed by atoms with Gasteiger partial charge in [-0.15, -0.1) is 0 Å². The lowest BCUT2D eigenvalue weighted by Crippen LogP contribution is -2.14. The van der Waals surface area contributed by atoms with Crippen molar-refractivity contribution < 1.29 is 0 Å². The van der Waals surface area contributed by atoms with Crippen molar-refractivity contribution in [2.75, 3.05) is 0 Å². The van der Waals surface area contributed by atoms with Gasteiger partial charge in [0, 0.05) is 16.2 Å². The van der Waals surface area contributed by atoms with Crippen LogP contribution in [0.4, 0.5) is 0 Å². The highest BCUT2D eigenvalue weighted by atomic mass is 14.4. The minimum atomic E-state index is -0.0663. The molecular formula is C135H106. The molecule has 22 aromatic carbocycles. The number of rotatable bonds is 10. The summed E-state index contributed by atoms with van der Waals surface area (Å²) in [5, 5.41) is 15.4. The molecule has 0 aromatic heterocycles. The average Bonchev–Trinajstić information content (AvgIpc) is 1.71. The molecule has 0 N–H and O–H groups in total. The van der Waals surface area contributed by atoms with Crippen LogP contribution in [0, 0.1) is 13.8 Å². The summed E-state index contributed by atoms with van der Waals surface area (Å²) in [5.74, 6) is 0. The predicted molar refractivity (Wildman–Crippen MR) is 580 cm³/mol. The molecule has 646 valence electrons. The first kappa shape index (κ1) is 83.7. The largest absolute Gasteiger partial charge is 0.0622 e. The van der Waals surface area contributed by atoms with E-state index in [9.17, 15) is 0 Å². The molecule has 0 heteroatoms. The first-order valence-electron chi connectivity index (χ1n) is 47.9. The van der Waals surface area contributed by atoms with E-state index >= 15 is 0 Å². The van der Waals surface area contributed by atoms with Crippen molar-refractivity contribution in [2.45, 2.75) is 97.8 Å². The van der Waals surface area contributed by atoms with E-state index in [4.69, 9.17) is 0 Å². The summed E-state index contributed by atoms with van der Waals surface area (Å²) in [6, 6.07) is 165. The van der Waals surface area contributed by atoms with E-state index in [1.165, 1.54) is 259 Å². The van der Waals surface area contributed by atoms with Crippen molar-refractivity contribution in [1.29, 1.82) is 0 Å². The van der Waals surface area contributed by atoms with Crippen LogP contribution in [0.2, 0.25) is 0 Å². The summed E-state index contributed by atoms with van der Waals surface area (Å²) >= 11 is 0. The zero-order valence-corrected chi connectivity index (χ0v) is 78.6. The molecule has 22 aromatic rings. The van der Waals surface area contributed by atoms with Crippen molar-refractivity contribution in [1.82, 2.24) is 0 Å². The highest BCUT2D eigenvalue weighted by molar-refractivity contribution is 6.25. The molecule has 0 fully saturated rings. The van der Waals surface area contributed by atoms with E-state index in [1.54, 1.807) is 0 Å². The third-order valence-electron chi connectivity index (χ3n) is 29.8. The van der Waals surface area contributed by atoms with Crippen LogP contribution < -0.4 is 0 Å². The average molecular weight is 1730 g/mol. The van der Waals surface area contributed by atoms with Crippen molar-refractivity contribution in [3.8, 4) is 145 Å². The van der Waals surface area contributed by atoms with Gasteiger partial charge >= 0.3 is 0 Å². The maximum absolute atomic E-state index is 2.48. The van der Waals surface area contributed by atoms with Gasteiger partial charge in [0.15, 0.2) is 0 Å². The molecule has 0 saturated heterocycles. The Hall–Kier alpha value is -15.6. The van der Waals surface area contributed by atoms with E-state index in [0.29, 0.717) is 0 Å². The SMILES string of the molecule is CC(C)(C)c1ccc(-c2c3ccccc3c(-c3ccc4c(c3)C(C)(C)c3ccccc3-4)c3cc(-c4ccccc4)ccc23)cc1.CC1(C)c2ccccc2-c2ccc(-c3c4ccccc4c(-c4ccc(-c5ccccc5)cc4)c4ccc(-c5ccccc5)cc34)cc21.Cc1cc(C)cc(-c2c3ccccc3c(-c3ccc4c(c3)C(C)(C)c3ccccc3-4)c3cc(-c4ccccc4)ccc23)c1. The van der Waals surface area contributed by atoms with Crippen LogP contribution in [0.15, 0.2) is 443 Å². The van der Waals surface area contributed by atoms with Crippen molar-refractivity contribution in [2.24, 2.45) is 0 Å². The summed E-state index contributed by atoms with van der Waals surface area (Å²) < 4.78 is 0. The topological polar surface area (TPSA) is 0 Å². The molecule has 0 spiro atoms. The Balaban J connectivity index is 0.000000114. The van der Waals surface area contributed by atoms with Crippen molar-refractivity contribution in [3.05, 3.63) is 493 Å². The minimum Gasteiger partial charge on any atom is -0.0622 e. The second kappa shape index (κ2) is 33.0. The van der Waals surface area contributed by atoms with Crippen LogP contribution >= 0.6 is 0 Å². The van der Waals surface area contributed by atoms with E-state index in [2.05, 4.69) is 519 Å². The maximum Gasteiger partial charge on any atom is 0.0159 e. The lowest BCUT2D eigenvalue weighted by Gasteiger charge is -2.23. The van der Waals surface area contributed by atoms with Gasteiger partial charge in [0.1, 0.15) is 0 Å². The van der Waals surface area contributed by atoms with Gasteiger partial charge in [-0.25, -0.2) is 0 Å². The number of fused-ring (bicyclic) bond motifs is 15. The number of hydrogen-bond acceptors (Lipinski definition) is 0. The molecule has 0 bridgehead atoms. The summed E-state index contributed by atoms with van der Waals surface area (Å²) in [5.41, 5.74) is 45.7. The molecule has 0 unspecified atom stereocenters. The Morgan fingerprint density at radius 3 is 0.667 bits per heavy atom. The van der Waals surface area contributed by atoms with Gasteiger partial charge < -0.3 is 0 Å². The van der Waals surface area contributed by atoms with E-state index < -0.39 is 0 Å². The monoisotopic (exact) mass is 1730 g/mol. The summed E-state index contributed by atoms with van der Waals surface area (Å²) in [4.78, 5) is 0. The first-order valence-corrected chi connectivity index (χ1v) is 47.9. The molecule has 0 saturated carbocycles. The number of benzene rings is 22. The van der Waals surface area contributed by atoms with Crippen LogP contribution in [0.25, 0.3) is 209 Å². The number of aryl methyl sites for hydroxylation is 2. The minimum absolute atomic E-state index is 0.0538. The molecule has 0 atom stereocenters. The van der Waals surface area contributed by atoms with Crippen LogP contribution in [-0.2, 0) is 21.7 Å². The zero-order chi connectivity index (χ0) is 91.8. The molecule has 3 aliphatic carbocycles. The normalized spacial score (nSPS) is 13.3. The molecule has 0 heterocycles. The van der Waals surface area contributed by atoms with Crippen molar-refractivity contribution in [3.63, 3.8) is 0 Å². The van der Waals surface area contributed by atoms with Crippen molar-refractivity contribution >= 4 is 64.6 Å². The second-order valence-corrected chi connectivity index (χ2v) is 40.2. The Bertz CT molecular complexity index is 8460. The lowest BCUT2D eigenvalue weighted by atomic mass is 9.80. The highest BCUT2D eigenvalue weighted by Crippen LogP contribution is 2.57. The van der Waals surface area contributed by atoms with Gasteiger partial charge in [0.2, 0.25) is 0 Å². The van der Waals surface area contributed by atoms with Gasteiger partial charge in [-0.1, -0.05) is 480 Å². The molecule has 3 aliphatic rings. The maximum atomic E-state index is 2.48. The third kappa shape index (κ3) is 14.3. The fourth-order valence-corrected chi connectivity index (χ4v) is 23.1. The Morgan fingerprint density at radius 2 is 0.363 bits per heavy atom. The molecule has 0 nitrogen and oxygen atoms in total. The fourth-order valence-electron chi connectivity index (χ4n) is 23.1. The van der Waals surface area contributed by atoms with Gasteiger partial charge in [-0.3, -0.25) is 0 Å². The molecule has 25 rings (SSSR count). The third-order valence-corrected chi connectivity index (χ3v) is 29.8. The van der Waals surface area contributed by atoms with E-state index in [-0.39, 0.29) is 21.7 Å². The van der Waals surface area contributed by atoms with Crippen LogP contribution in [0.1, 0.15) is 112 Å². The van der Waals surface area contributed by atoms with Gasteiger partial charge in [0.05, 0.1) is 0 Å². The van der Waals surface area contributed by atoms with E-state index in [1.807, 2.05) is 0 Å². The van der Waals surface area contributed by atoms with E-state index in [0.717, 1.165) is 0 Å². The Morgan fingerprint density at radius 1 is 0.148 bits per heavy atom. The molecule has 0 amide bonds. The Kier molecular flexibility index (Phi) is 20.5. The van der Waals surface area contributed by atoms with Crippen LogP contribution in [0.5, 0.6) is 0 Å². The quantitative estimate of drug-likeness (QED) is 0.120.